The van der Waals surface area contributed by atoms with E-state index in [1.165, 1.54) is 31.1 Å². The maximum absolute atomic E-state index is 13.6. The number of esters is 1. The van der Waals surface area contributed by atoms with Crippen molar-refractivity contribution in [3.63, 3.8) is 0 Å². The molecule has 34 heavy (non-hydrogen) atoms. The van der Waals surface area contributed by atoms with Crippen LogP contribution in [-0.2, 0) is 4.74 Å². The number of Topliss-reactive ketones (excluding diaryl/α,β-unsaturated/α-hetero) is 1. The molecule has 10 nitrogen and oxygen atoms in total. The normalized spacial score (nSPS) is 17.8. The number of amides is 1. The van der Waals surface area contributed by atoms with Crippen LogP contribution in [0.4, 0.5) is 5.82 Å². The molecule has 1 saturated heterocycles. The van der Waals surface area contributed by atoms with Crippen molar-refractivity contribution in [1.29, 1.82) is 0 Å². The monoisotopic (exact) mass is 462 g/mol. The molecule has 1 aliphatic rings. The molecule has 4 rings (SSSR count). The zero-order valence-electron chi connectivity index (χ0n) is 19.3. The van der Waals surface area contributed by atoms with E-state index in [9.17, 15) is 14.4 Å². The standard InChI is InChI=1S/C24H26N6O4/c1-15-8-9-17(28-22-21(24(33)34-3)18(16(2)31)10-11-25-22)14-29(15)23(32)19-6-4-5-7-20(19)30-26-12-13-27-30/h4-7,10-13,15,17H,8-9,14H2,1-3H3,(H,25,28)/t15-,17-/m1/s1. The Morgan fingerprint density at radius 1 is 1.03 bits per heavy atom. The average Bonchev–Trinajstić information content (AvgIpc) is 3.39. The largest absolute Gasteiger partial charge is 0.465 e. The van der Waals surface area contributed by atoms with Gasteiger partial charge in [0, 0.05) is 30.4 Å². The van der Waals surface area contributed by atoms with Gasteiger partial charge in [0.25, 0.3) is 5.91 Å². The zero-order valence-corrected chi connectivity index (χ0v) is 19.3. The molecule has 0 bridgehead atoms. The number of hydrogen-bond donors (Lipinski definition) is 1. The van der Waals surface area contributed by atoms with Crippen LogP contribution in [0.3, 0.4) is 0 Å². The van der Waals surface area contributed by atoms with E-state index in [1.807, 2.05) is 19.1 Å². The van der Waals surface area contributed by atoms with E-state index < -0.39 is 5.97 Å². The van der Waals surface area contributed by atoms with Gasteiger partial charge in [-0.25, -0.2) is 9.78 Å². The van der Waals surface area contributed by atoms with E-state index in [-0.39, 0.29) is 40.7 Å². The minimum absolute atomic E-state index is 0.0146. The third-order valence-corrected chi connectivity index (χ3v) is 5.97. The first kappa shape index (κ1) is 23.1. The van der Waals surface area contributed by atoms with Crippen molar-refractivity contribution in [3.8, 4) is 5.69 Å². The predicted molar refractivity (Wildman–Crippen MR) is 124 cm³/mol. The SMILES string of the molecule is COC(=O)c1c(C(C)=O)ccnc1N[C@@H]1CC[C@@H](C)N(C(=O)c2ccccc2-n2nccn2)C1. The Labute approximate surface area is 196 Å². The number of para-hydroxylation sites is 1. The fourth-order valence-electron chi connectivity index (χ4n) is 4.20. The predicted octanol–water partition coefficient (Wildman–Crippen LogP) is 2.76. The lowest BCUT2D eigenvalue weighted by Gasteiger charge is -2.39. The molecular formula is C24H26N6O4. The fraction of sp³-hybridized carbons (Fsp3) is 0.333. The van der Waals surface area contributed by atoms with Gasteiger partial charge in [-0.1, -0.05) is 12.1 Å². The van der Waals surface area contributed by atoms with Crippen LogP contribution in [0.2, 0.25) is 0 Å². The number of benzene rings is 1. The third-order valence-electron chi connectivity index (χ3n) is 5.97. The number of anilines is 1. The molecule has 10 heteroatoms. The van der Waals surface area contributed by atoms with Crippen LogP contribution in [0.25, 0.3) is 5.69 Å². The van der Waals surface area contributed by atoms with Gasteiger partial charge in [0.2, 0.25) is 0 Å². The number of rotatable bonds is 6. The van der Waals surface area contributed by atoms with Crippen molar-refractivity contribution in [2.45, 2.75) is 38.8 Å². The fourth-order valence-corrected chi connectivity index (χ4v) is 4.20. The number of likely N-dealkylation sites (tertiary alicyclic amines) is 1. The Kier molecular flexibility index (Phi) is 6.67. The summed E-state index contributed by atoms with van der Waals surface area (Å²) in [5.41, 5.74) is 1.44. The summed E-state index contributed by atoms with van der Waals surface area (Å²) in [5.74, 6) is -0.763. The van der Waals surface area contributed by atoms with Gasteiger partial charge < -0.3 is 15.0 Å². The number of ketones is 1. The van der Waals surface area contributed by atoms with Crippen molar-refractivity contribution >= 4 is 23.5 Å². The second-order valence-corrected chi connectivity index (χ2v) is 8.19. The molecule has 0 spiro atoms. The maximum atomic E-state index is 13.6. The minimum atomic E-state index is -0.640. The second kappa shape index (κ2) is 9.82. The van der Waals surface area contributed by atoms with Crippen LogP contribution in [0.1, 0.15) is 57.8 Å². The lowest BCUT2D eigenvalue weighted by molar-refractivity contribution is 0.0591. The van der Waals surface area contributed by atoms with Crippen LogP contribution < -0.4 is 5.32 Å². The van der Waals surface area contributed by atoms with E-state index >= 15 is 0 Å². The van der Waals surface area contributed by atoms with Crippen molar-refractivity contribution in [1.82, 2.24) is 24.9 Å². The smallest absolute Gasteiger partial charge is 0.342 e. The third kappa shape index (κ3) is 4.52. The van der Waals surface area contributed by atoms with E-state index in [2.05, 4.69) is 20.5 Å². The van der Waals surface area contributed by atoms with Crippen molar-refractivity contribution < 1.29 is 19.1 Å². The summed E-state index contributed by atoms with van der Waals surface area (Å²) in [6.07, 6.45) is 6.12. The molecule has 1 amide bonds. The number of nitrogens with zero attached hydrogens (tertiary/aromatic N) is 5. The van der Waals surface area contributed by atoms with Crippen molar-refractivity contribution in [2.24, 2.45) is 0 Å². The van der Waals surface area contributed by atoms with Gasteiger partial charge in [0.15, 0.2) is 5.78 Å². The van der Waals surface area contributed by atoms with Crippen LogP contribution in [-0.4, -0.2) is 68.3 Å². The molecule has 0 unspecified atom stereocenters. The highest BCUT2D eigenvalue weighted by Crippen LogP contribution is 2.26. The summed E-state index contributed by atoms with van der Waals surface area (Å²) in [6, 6.07) is 8.55. The number of pyridine rings is 1. The zero-order chi connectivity index (χ0) is 24.2. The van der Waals surface area contributed by atoms with E-state index in [1.54, 1.807) is 29.4 Å². The molecular weight excluding hydrogens is 436 g/mol. The van der Waals surface area contributed by atoms with Crippen LogP contribution in [0.15, 0.2) is 48.9 Å². The summed E-state index contributed by atoms with van der Waals surface area (Å²) in [7, 11) is 1.26. The molecule has 3 heterocycles. The van der Waals surface area contributed by atoms with Crippen molar-refractivity contribution in [3.05, 3.63) is 65.6 Å². The number of nitrogens with one attached hydrogen (secondary N) is 1. The Hall–Kier alpha value is -4.08. The topological polar surface area (TPSA) is 119 Å². The van der Waals surface area contributed by atoms with Crippen LogP contribution in [0.5, 0.6) is 0 Å². The lowest BCUT2D eigenvalue weighted by atomic mass is 9.97. The van der Waals surface area contributed by atoms with Gasteiger partial charge in [-0.15, -0.1) is 0 Å². The summed E-state index contributed by atoms with van der Waals surface area (Å²) >= 11 is 0. The average molecular weight is 463 g/mol. The number of methoxy groups -OCH3 is 1. The highest BCUT2D eigenvalue weighted by molar-refractivity contribution is 6.08. The molecule has 0 radical (unpaired) electrons. The summed E-state index contributed by atoms with van der Waals surface area (Å²) < 4.78 is 4.89. The summed E-state index contributed by atoms with van der Waals surface area (Å²) in [4.78, 5) is 45.6. The highest BCUT2D eigenvalue weighted by atomic mass is 16.5. The van der Waals surface area contributed by atoms with Crippen molar-refractivity contribution in [2.75, 3.05) is 19.0 Å². The number of aromatic nitrogens is 4. The molecule has 0 aliphatic carbocycles. The van der Waals surface area contributed by atoms with E-state index in [4.69, 9.17) is 4.74 Å². The summed E-state index contributed by atoms with van der Waals surface area (Å²) in [6.45, 7) is 3.80. The van der Waals surface area contributed by atoms with E-state index in [0.717, 1.165) is 12.8 Å². The highest BCUT2D eigenvalue weighted by Gasteiger charge is 2.32. The van der Waals surface area contributed by atoms with Crippen LogP contribution >= 0.6 is 0 Å². The molecule has 1 N–H and O–H groups in total. The molecule has 3 aromatic rings. The number of piperidine rings is 1. The number of carbonyl (C=O) groups excluding carboxylic acids is 3. The van der Waals surface area contributed by atoms with Gasteiger partial charge >= 0.3 is 5.97 Å². The maximum Gasteiger partial charge on any atom is 0.342 e. The Morgan fingerprint density at radius 2 is 1.76 bits per heavy atom. The van der Waals surface area contributed by atoms with Gasteiger partial charge in [0.05, 0.1) is 30.8 Å². The Morgan fingerprint density at radius 3 is 2.47 bits per heavy atom. The molecule has 2 atom stereocenters. The van der Waals surface area contributed by atoms with Gasteiger partial charge in [0.1, 0.15) is 11.4 Å². The molecule has 2 aromatic heterocycles. The summed E-state index contributed by atoms with van der Waals surface area (Å²) in [5, 5.41) is 11.6. The first-order valence-electron chi connectivity index (χ1n) is 11.0. The molecule has 1 aromatic carbocycles. The Bertz CT molecular complexity index is 1210. The number of hydrogen-bond acceptors (Lipinski definition) is 8. The quantitative estimate of drug-likeness (QED) is 0.439. The lowest BCUT2D eigenvalue weighted by Crippen LogP contribution is -2.50. The van der Waals surface area contributed by atoms with Gasteiger partial charge in [-0.05, 0) is 44.9 Å². The van der Waals surface area contributed by atoms with E-state index in [0.29, 0.717) is 17.8 Å². The molecule has 1 fully saturated rings. The first-order chi connectivity index (χ1) is 16.4. The minimum Gasteiger partial charge on any atom is -0.465 e. The molecule has 1 aliphatic heterocycles. The number of ether oxygens (including phenoxy) is 1. The molecule has 0 saturated carbocycles. The van der Waals surface area contributed by atoms with Gasteiger partial charge in [-0.2, -0.15) is 15.0 Å². The Balaban J connectivity index is 1.60. The first-order valence-corrected chi connectivity index (χ1v) is 11.0. The number of carbonyl (C=O) groups is 3. The van der Waals surface area contributed by atoms with Gasteiger partial charge in [-0.3, -0.25) is 9.59 Å². The second-order valence-electron chi connectivity index (χ2n) is 8.19. The molecule has 176 valence electrons. The van der Waals surface area contributed by atoms with Crippen LogP contribution in [0, 0.1) is 0 Å².